The SMILES string of the molecule is Cc1noc(Cl)c1CCC(=O)NCc1ccccc1CN1CCCC1=O. The molecule has 1 aliphatic heterocycles. The number of rotatable bonds is 7. The van der Waals surface area contributed by atoms with E-state index in [0.717, 1.165) is 29.7 Å². The van der Waals surface area contributed by atoms with Gasteiger partial charge < -0.3 is 14.7 Å². The molecule has 0 spiro atoms. The molecule has 0 bridgehead atoms. The lowest BCUT2D eigenvalue weighted by Gasteiger charge is -2.18. The van der Waals surface area contributed by atoms with Gasteiger partial charge in [-0.05, 0) is 42.5 Å². The van der Waals surface area contributed by atoms with Crippen LogP contribution in [0.2, 0.25) is 5.22 Å². The van der Waals surface area contributed by atoms with Crippen LogP contribution >= 0.6 is 11.6 Å². The van der Waals surface area contributed by atoms with E-state index in [-0.39, 0.29) is 17.0 Å². The van der Waals surface area contributed by atoms with Crippen LogP contribution in [0.1, 0.15) is 41.6 Å². The van der Waals surface area contributed by atoms with Gasteiger partial charge >= 0.3 is 0 Å². The number of hydrogen-bond donors (Lipinski definition) is 1. The molecule has 1 aromatic carbocycles. The highest BCUT2D eigenvalue weighted by molar-refractivity contribution is 6.29. The van der Waals surface area contributed by atoms with Crippen LogP contribution < -0.4 is 5.32 Å². The fourth-order valence-corrected chi connectivity index (χ4v) is 3.39. The van der Waals surface area contributed by atoms with Crippen molar-refractivity contribution in [1.29, 1.82) is 0 Å². The van der Waals surface area contributed by atoms with Gasteiger partial charge in [0.25, 0.3) is 0 Å². The lowest BCUT2D eigenvalue weighted by atomic mass is 10.1. The molecule has 1 fully saturated rings. The minimum Gasteiger partial charge on any atom is -0.352 e. The maximum Gasteiger partial charge on any atom is 0.229 e. The Kier molecular flexibility index (Phi) is 5.93. The second-order valence-electron chi connectivity index (χ2n) is 6.48. The third kappa shape index (κ3) is 4.43. The van der Waals surface area contributed by atoms with Gasteiger partial charge in [-0.3, -0.25) is 9.59 Å². The molecule has 1 aromatic heterocycles. The summed E-state index contributed by atoms with van der Waals surface area (Å²) < 4.78 is 4.90. The number of aromatic nitrogens is 1. The molecule has 2 amide bonds. The van der Waals surface area contributed by atoms with E-state index in [0.29, 0.717) is 38.0 Å². The number of nitrogens with zero attached hydrogens (tertiary/aromatic N) is 2. The average Bonchev–Trinajstić information content (AvgIpc) is 3.18. The molecule has 7 heteroatoms. The number of likely N-dealkylation sites (tertiary alicyclic amines) is 1. The predicted molar refractivity (Wildman–Crippen MR) is 97.5 cm³/mol. The Bertz CT molecular complexity index is 784. The Hall–Kier alpha value is -2.34. The van der Waals surface area contributed by atoms with Gasteiger partial charge in [0, 0.05) is 38.0 Å². The van der Waals surface area contributed by atoms with Gasteiger partial charge in [-0.1, -0.05) is 29.4 Å². The first-order valence-corrected chi connectivity index (χ1v) is 9.14. The molecule has 3 rings (SSSR count). The molecule has 1 aliphatic rings. The summed E-state index contributed by atoms with van der Waals surface area (Å²) in [5.74, 6) is 0.138. The van der Waals surface area contributed by atoms with Crippen molar-refractivity contribution < 1.29 is 14.1 Å². The maximum absolute atomic E-state index is 12.2. The fraction of sp³-hybridized carbons (Fsp3) is 0.421. The van der Waals surface area contributed by atoms with Crippen LogP contribution in [0.15, 0.2) is 28.8 Å². The van der Waals surface area contributed by atoms with Crippen molar-refractivity contribution in [3.63, 3.8) is 0 Å². The largest absolute Gasteiger partial charge is 0.352 e. The summed E-state index contributed by atoms with van der Waals surface area (Å²) in [6.07, 6.45) is 2.35. The summed E-state index contributed by atoms with van der Waals surface area (Å²) in [7, 11) is 0. The molecule has 1 N–H and O–H groups in total. The van der Waals surface area contributed by atoms with Gasteiger partial charge in [-0.2, -0.15) is 0 Å². The minimum absolute atomic E-state index is 0.0614. The molecule has 1 saturated heterocycles. The first kappa shape index (κ1) is 18.5. The Labute approximate surface area is 157 Å². The van der Waals surface area contributed by atoms with Crippen molar-refractivity contribution in [3.8, 4) is 0 Å². The molecule has 6 nitrogen and oxygen atoms in total. The standard InChI is InChI=1S/C19H22ClN3O3/c1-13-16(19(20)26-22-13)8-9-17(24)21-11-14-5-2-3-6-15(14)12-23-10-4-7-18(23)25/h2-3,5-6H,4,7-12H2,1H3,(H,21,24). The van der Waals surface area contributed by atoms with E-state index in [1.54, 1.807) is 6.92 Å². The molecule has 2 heterocycles. The Morgan fingerprint density at radius 2 is 2.12 bits per heavy atom. The van der Waals surface area contributed by atoms with Crippen molar-refractivity contribution in [3.05, 3.63) is 51.9 Å². The zero-order chi connectivity index (χ0) is 18.5. The van der Waals surface area contributed by atoms with Gasteiger partial charge in [0.2, 0.25) is 17.0 Å². The smallest absolute Gasteiger partial charge is 0.229 e. The van der Waals surface area contributed by atoms with Crippen LogP contribution in [-0.2, 0) is 29.1 Å². The van der Waals surface area contributed by atoms with E-state index >= 15 is 0 Å². The third-order valence-corrected chi connectivity index (χ3v) is 4.96. The highest BCUT2D eigenvalue weighted by Gasteiger charge is 2.21. The van der Waals surface area contributed by atoms with E-state index in [1.807, 2.05) is 29.2 Å². The molecule has 2 aromatic rings. The minimum atomic E-state index is -0.0614. The number of aryl methyl sites for hydroxylation is 1. The van der Waals surface area contributed by atoms with Crippen LogP contribution in [0.3, 0.4) is 0 Å². The molecular formula is C19H22ClN3O3. The predicted octanol–water partition coefficient (Wildman–Crippen LogP) is 3.01. The number of hydrogen-bond acceptors (Lipinski definition) is 4. The summed E-state index contributed by atoms with van der Waals surface area (Å²) in [5, 5.41) is 6.97. The van der Waals surface area contributed by atoms with Crippen LogP contribution in [0, 0.1) is 6.92 Å². The molecule has 0 saturated carbocycles. The zero-order valence-corrected chi connectivity index (χ0v) is 15.5. The Balaban J connectivity index is 1.54. The number of nitrogens with one attached hydrogen (secondary N) is 1. The van der Waals surface area contributed by atoms with Crippen LogP contribution in [-0.4, -0.2) is 28.4 Å². The van der Waals surface area contributed by atoms with E-state index in [9.17, 15) is 9.59 Å². The second-order valence-corrected chi connectivity index (χ2v) is 6.83. The first-order chi connectivity index (χ1) is 12.5. The quantitative estimate of drug-likeness (QED) is 0.807. The van der Waals surface area contributed by atoms with Crippen LogP contribution in [0.25, 0.3) is 0 Å². The molecule has 0 unspecified atom stereocenters. The van der Waals surface area contributed by atoms with Gasteiger partial charge in [-0.25, -0.2) is 0 Å². The average molecular weight is 376 g/mol. The van der Waals surface area contributed by atoms with E-state index < -0.39 is 0 Å². The van der Waals surface area contributed by atoms with Gasteiger partial charge in [0.1, 0.15) is 0 Å². The van der Waals surface area contributed by atoms with Crippen molar-refractivity contribution in [2.45, 2.75) is 45.7 Å². The third-order valence-electron chi connectivity index (χ3n) is 4.67. The van der Waals surface area contributed by atoms with Crippen LogP contribution in [0.5, 0.6) is 0 Å². The van der Waals surface area contributed by atoms with Crippen molar-refractivity contribution >= 4 is 23.4 Å². The summed E-state index contributed by atoms with van der Waals surface area (Å²) in [5.41, 5.74) is 3.58. The maximum atomic E-state index is 12.2. The summed E-state index contributed by atoms with van der Waals surface area (Å²) in [6.45, 7) is 3.64. The molecule has 26 heavy (non-hydrogen) atoms. The fourth-order valence-electron chi connectivity index (χ4n) is 3.12. The number of benzene rings is 1. The second kappa shape index (κ2) is 8.36. The lowest BCUT2D eigenvalue weighted by Crippen LogP contribution is -2.27. The van der Waals surface area contributed by atoms with Crippen LogP contribution in [0.4, 0.5) is 0 Å². The summed E-state index contributed by atoms with van der Waals surface area (Å²) in [4.78, 5) is 25.9. The number of carbonyl (C=O) groups is 2. The molecular weight excluding hydrogens is 354 g/mol. The van der Waals surface area contributed by atoms with E-state index in [4.69, 9.17) is 16.1 Å². The molecule has 0 aliphatic carbocycles. The molecule has 0 atom stereocenters. The number of amides is 2. The topological polar surface area (TPSA) is 75.4 Å². The first-order valence-electron chi connectivity index (χ1n) is 8.76. The Morgan fingerprint density at radius 1 is 1.35 bits per heavy atom. The van der Waals surface area contributed by atoms with Crippen molar-refractivity contribution in [2.75, 3.05) is 6.54 Å². The van der Waals surface area contributed by atoms with Crippen molar-refractivity contribution in [1.82, 2.24) is 15.4 Å². The zero-order valence-electron chi connectivity index (χ0n) is 14.8. The molecule has 138 valence electrons. The number of halogens is 1. The summed E-state index contributed by atoms with van der Waals surface area (Å²) >= 11 is 5.92. The van der Waals surface area contributed by atoms with Gasteiger partial charge in [-0.15, -0.1) is 0 Å². The Morgan fingerprint density at radius 3 is 2.77 bits per heavy atom. The monoisotopic (exact) mass is 375 g/mol. The highest BCUT2D eigenvalue weighted by Crippen LogP contribution is 2.20. The molecule has 0 radical (unpaired) electrons. The van der Waals surface area contributed by atoms with Crippen molar-refractivity contribution in [2.24, 2.45) is 0 Å². The number of carbonyl (C=O) groups excluding carboxylic acids is 2. The van der Waals surface area contributed by atoms with E-state index in [2.05, 4.69) is 10.5 Å². The lowest BCUT2D eigenvalue weighted by molar-refractivity contribution is -0.128. The highest BCUT2D eigenvalue weighted by atomic mass is 35.5. The summed E-state index contributed by atoms with van der Waals surface area (Å²) in [6, 6.07) is 7.89. The van der Waals surface area contributed by atoms with Gasteiger partial charge in [0.15, 0.2) is 0 Å². The normalized spacial score (nSPS) is 14.1. The van der Waals surface area contributed by atoms with E-state index in [1.165, 1.54) is 0 Å². The van der Waals surface area contributed by atoms with Gasteiger partial charge in [0.05, 0.1) is 5.69 Å².